The third kappa shape index (κ3) is 2.06. The van der Waals surface area contributed by atoms with Crippen LogP contribution in [0.25, 0.3) is 16.9 Å². The van der Waals surface area contributed by atoms with Crippen LogP contribution >= 0.6 is 0 Å². The van der Waals surface area contributed by atoms with Crippen LogP contribution in [0.5, 0.6) is 0 Å². The first-order valence-corrected chi connectivity index (χ1v) is 7.24. The molecule has 0 saturated carbocycles. The van der Waals surface area contributed by atoms with E-state index in [1.807, 2.05) is 0 Å². The first kappa shape index (κ1) is 11.7. The number of hydrogen-bond donors (Lipinski definition) is 0. The summed E-state index contributed by atoms with van der Waals surface area (Å²) in [6, 6.07) is 3.12. The van der Waals surface area contributed by atoms with Gasteiger partial charge in [-0.1, -0.05) is 0 Å². The Morgan fingerprint density at radius 3 is 2.63 bits per heavy atom. The van der Waals surface area contributed by atoms with Crippen LogP contribution in [-0.2, 0) is 9.84 Å². The van der Waals surface area contributed by atoms with Crippen LogP contribution in [0.4, 0.5) is 0 Å². The molecular formula is C11H9N5O2S. The fourth-order valence-electron chi connectivity index (χ4n) is 1.69. The van der Waals surface area contributed by atoms with Gasteiger partial charge >= 0.3 is 0 Å². The van der Waals surface area contributed by atoms with E-state index in [0.717, 1.165) is 6.26 Å². The monoisotopic (exact) mass is 275 g/mol. The zero-order valence-corrected chi connectivity index (χ0v) is 10.7. The molecule has 0 aliphatic rings. The summed E-state index contributed by atoms with van der Waals surface area (Å²) in [5.74, 6) is 0. The van der Waals surface area contributed by atoms with Gasteiger partial charge in [-0.25, -0.2) is 28.4 Å². The topological polar surface area (TPSA) is 90.6 Å². The smallest absolute Gasteiger partial charge is 0.192 e. The molecule has 3 rings (SSSR count). The highest BCUT2D eigenvalue weighted by Crippen LogP contribution is 2.15. The second-order valence-electron chi connectivity index (χ2n) is 3.97. The summed E-state index contributed by atoms with van der Waals surface area (Å²) in [6.45, 7) is 0. The molecule has 0 fully saturated rings. The van der Waals surface area contributed by atoms with Crippen molar-refractivity contribution in [2.24, 2.45) is 0 Å². The first-order valence-electron chi connectivity index (χ1n) is 5.35. The summed E-state index contributed by atoms with van der Waals surface area (Å²) in [7, 11) is -3.29. The summed E-state index contributed by atoms with van der Waals surface area (Å²) in [5, 5.41) is 0.0373. The molecule has 0 radical (unpaired) electrons. The lowest BCUT2D eigenvalue weighted by Gasteiger charge is -2.03. The van der Waals surface area contributed by atoms with Crippen LogP contribution in [0.1, 0.15) is 0 Å². The lowest BCUT2D eigenvalue weighted by molar-refractivity contribution is 0.598. The molecule has 0 aliphatic heterocycles. The molecule has 0 unspecified atom stereocenters. The van der Waals surface area contributed by atoms with Crippen molar-refractivity contribution in [3.63, 3.8) is 0 Å². The fourth-order valence-corrected chi connectivity index (χ4v) is 2.25. The SMILES string of the molecule is CS(=O)(=O)c1ccc(-n2cnc3cncnc32)cn1. The number of rotatable bonds is 2. The normalized spacial score (nSPS) is 11.8. The van der Waals surface area contributed by atoms with E-state index in [4.69, 9.17) is 0 Å². The predicted molar refractivity (Wildman–Crippen MR) is 67.6 cm³/mol. The van der Waals surface area contributed by atoms with Crippen molar-refractivity contribution in [3.05, 3.63) is 37.2 Å². The Labute approximate surface area is 108 Å². The van der Waals surface area contributed by atoms with Gasteiger partial charge in [-0.3, -0.25) is 4.57 Å². The number of nitrogens with zero attached hydrogens (tertiary/aromatic N) is 5. The summed E-state index contributed by atoms with van der Waals surface area (Å²) in [6.07, 6.45) is 7.22. The highest BCUT2D eigenvalue weighted by atomic mass is 32.2. The molecule has 19 heavy (non-hydrogen) atoms. The third-order valence-electron chi connectivity index (χ3n) is 2.59. The number of sulfone groups is 1. The quantitative estimate of drug-likeness (QED) is 0.680. The summed E-state index contributed by atoms with van der Waals surface area (Å²) < 4.78 is 24.4. The minimum absolute atomic E-state index is 0.0373. The van der Waals surface area contributed by atoms with E-state index in [0.29, 0.717) is 16.9 Å². The lowest BCUT2D eigenvalue weighted by atomic mass is 10.4. The van der Waals surface area contributed by atoms with Crippen LogP contribution in [0.2, 0.25) is 0 Å². The number of hydrogen-bond acceptors (Lipinski definition) is 6. The molecule has 3 aromatic heterocycles. The minimum Gasteiger partial charge on any atom is -0.282 e. The maximum atomic E-state index is 11.3. The second kappa shape index (κ2) is 4.09. The molecule has 0 aliphatic carbocycles. The summed E-state index contributed by atoms with van der Waals surface area (Å²) in [5.41, 5.74) is 1.99. The van der Waals surface area contributed by atoms with E-state index in [9.17, 15) is 8.42 Å². The maximum Gasteiger partial charge on any atom is 0.192 e. The molecule has 0 amide bonds. The molecule has 0 aromatic carbocycles. The Hall–Kier alpha value is -2.35. The van der Waals surface area contributed by atoms with Gasteiger partial charge in [-0.2, -0.15) is 0 Å². The largest absolute Gasteiger partial charge is 0.282 e. The van der Waals surface area contributed by atoms with E-state index >= 15 is 0 Å². The molecule has 96 valence electrons. The highest BCUT2D eigenvalue weighted by Gasteiger charge is 2.10. The molecule has 0 spiro atoms. The molecule has 7 nitrogen and oxygen atoms in total. The standard InChI is InChI=1S/C11H9N5O2S/c1-19(17,18)10-3-2-8(4-13-10)16-7-15-9-5-12-6-14-11(9)16/h2-7H,1H3. The van der Waals surface area contributed by atoms with E-state index in [1.54, 1.807) is 23.2 Å². The van der Waals surface area contributed by atoms with E-state index in [1.165, 1.54) is 18.6 Å². The van der Waals surface area contributed by atoms with E-state index in [2.05, 4.69) is 19.9 Å². The number of aromatic nitrogens is 5. The molecule has 0 atom stereocenters. The Kier molecular flexibility index (Phi) is 2.53. The molecule has 3 heterocycles. The van der Waals surface area contributed by atoms with E-state index < -0.39 is 9.84 Å². The van der Waals surface area contributed by atoms with E-state index in [-0.39, 0.29) is 5.03 Å². The summed E-state index contributed by atoms with van der Waals surface area (Å²) in [4.78, 5) is 16.1. The minimum atomic E-state index is -3.29. The number of fused-ring (bicyclic) bond motifs is 1. The van der Waals surface area contributed by atoms with Crippen molar-refractivity contribution in [3.8, 4) is 5.69 Å². The van der Waals surface area contributed by atoms with Gasteiger partial charge < -0.3 is 0 Å². The molecule has 0 saturated heterocycles. The lowest BCUT2D eigenvalue weighted by Crippen LogP contribution is -2.02. The van der Waals surface area contributed by atoms with Crippen molar-refractivity contribution >= 4 is 21.0 Å². The zero-order chi connectivity index (χ0) is 13.5. The molecule has 3 aromatic rings. The first-order chi connectivity index (χ1) is 9.05. The van der Waals surface area contributed by atoms with Gasteiger partial charge in [0.2, 0.25) is 0 Å². The van der Waals surface area contributed by atoms with Gasteiger partial charge in [0.1, 0.15) is 18.2 Å². The molecule has 0 N–H and O–H groups in total. The number of imidazole rings is 1. The predicted octanol–water partition coefficient (Wildman–Crippen LogP) is 0.614. The molecule has 0 bridgehead atoms. The Balaban J connectivity index is 2.12. The summed E-state index contributed by atoms with van der Waals surface area (Å²) >= 11 is 0. The van der Waals surface area contributed by atoms with Crippen molar-refractivity contribution in [1.82, 2.24) is 24.5 Å². The van der Waals surface area contributed by atoms with Crippen molar-refractivity contribution in [1.29, 1.82) is 0 Å². The Bertz CT molecular complexity index is 839. The Morgan fingerprint density at radius 2 is 1.95 bits per heavy atom. The second-order valence-corrected chi connectivity index (χ2v) is 5.94. The van der Waals surface area contributed by atoms with Crippen LogP contribution in [-0.4, -0.2) is 39.2 Å². The van der Waals surface area contributed by atoms with Crippen molar-refractivity contribution < 1.29 is 8.42 Å². The van der Waals surface area contributed by atoms with Gasteiger partial charge in [-0.15, -0.1) is 0 Å². The van der Waals surface area contributed by atoms with Gasteiger partial charge in [0.25, 0.3) is 0 Å². The van der Waals surface area contributed by atoms with Gasteiger partial charge in [0.15, 0.2) is 20.5 Å². The maximum absolute atomic E-state index is 11.3. The fraction of sp³-hybridized carbons (Fsp3) is 0.0909. The van der Waals surface area contributed by atoms with Crippen LogP contribution in [0, 0.1) is 0 Å². The average molecular weight is 275 g/mol. The Morgan fingerprint density at radius 1 is 1.11 bits per heavy atom. The zero-order valence-electron chi connectivity index (χ0n) is 9.92. The van der Waals surface area contributed by atoms with Gasteiger partial charge in [0, 0.05) is 6.26 Å². The van der Waals surface area contributed by atoms with Crippen LogP contribution in [0.3, 0.4) is 0 Å². The highest BCUT2D eigenvalue weighted by molar-refractivity contribution is 7.90. The molecule has 8 heteroatoms. The van der Waals surface area contributed by atoms with Crippen molar-refractivity contribution in [2.75, 3.05) is 6.26 Å². The van der Waals surface area contributed by atoms with Gasteiger partial charge in [-0.05, 0) is 12.1 Å². The van der Waals surface area contributed by atoms with Gasteiger partial charge in [0.05, 0.1) is 18.1 Å². The van der Waals surface area contributed by atoms with Crippen molar-refractivity contribution in [2.45, 2.75) is 5.03 Å². The van der Waals surface area contributed by atoms with Crippen LogP contribution < -0.4 is 0 Å². The van der Waals surface area contributed by atoms with Crippen LogP contribution in [0.15, 0.2) is 42.2 Å². The molecular weight excluding hydrogens is 266 g/mol. The number of pyridine rings is 1. The third-order valence-corrected chi connectivity index (χ3v) is 3.59. The average Bonchev–Trinajstić information content (AvgIpc) is 2.82.